The van der Waals surface area contributed by atoms with Crippen LogP contribution < -0.4 is 10.2 Å². The number of benzene rings is 2. The molecule has 2 atom stereocenters. The number of aromatic nitrogens is 1. The number of hydrogen-bond acceptors (Lipinski definition) is 5. The van der Waals surface area contributed by atoms with E-state index in [0.717, 1.165) is 0 Å². The second kappa shape index (κ2) is 9.68. The summed E-state index contributed by atoms with van der Waals surface area (Å²) >= 11 is 5.88. The van der Waals surface area contributed by atoms with Crippen molar-refractivity contribution in [2.75, 3.05) is 20.8 Å². The second-order valence-corrected chi connectivity index (χ2v) is 7.75. The third-order valence-electron chi connectivity index (χ3n) is 5.54. The van der Waals surface area contributed by atoms with Crippen LogP contribution in [0.1, 0.15) is 34.5 Å². The minimum atomic E-state index is -1.40. The molecule has 9 heteroatoms. The molecule has 2 N–H and O–H groups in total. The van der Waals surface area contributed by atoms with Gasteiger partial charge in [0.15, 0.2) is 0 Å². The van der Waals surface area contributed by atoms with E-state index in [1.807, 2.05) is 0 Å². The molecule has 0 unspecified atom stereocenters. The van der Waals surface area contributed by atoms with Crippen molar-refractivity contribution in [3.8, 4) is 5.75 Å². The number of aliphatic hydroxyl groups is 1. The van der Waals surface area contributed by atoms with Gasteiger partial charge in [-0.25, -0.2) is 9.18 Å². The summed E-state index contributed by atoms with van der Waals surface area (Å²) in [6, 6.07) is 7.02. The van der Waals surface area contributed by atoms with Crippen LogP contribution in [0.3, 0.4) is 0 Å². The quantitative estimate of drug-likeness (QED) is 0.529. The largest absolute Gasteiger partial charge is 0.496 e. The van der Waals surface area contributed by atoms with E-state index in [1.54, 1.807) is 25.1 Å². The first-order valence-electron chi connectivity index (χ1n) is 9.79. The summed E-state index contributed by atoms with van der Waals surface area (Å²) in [5.74, 6) is -1.61. The predicted octanol–water partition coefficient (Wildman–Crippen LogP) is 3.66. The molecule has 0 saturated heterocycles. The lowest BCUT2D eigenvalue weighted by Crippen LogP contribution is -2.29. The lowest BCUT2D eigenvalue weighted by molar-refractivity contribution is 0.0456. The molecule has 170 valence electrons. The molecular weight excluding hydrogens is 441 g/mol. The number of aliphatic hydroxyl groups excluding tert-OH is 1. The maximum absolute atomic E-state index is 14.5. The molecule has 3 rings (SSSR count). The highest BCUT2D eigenvalue weighted by molar-refractivity contribution is 6.30. The smallest absolute Gasteiger partial charge is 0.341 e. The van der Waals surface area contributed by atoms with E-state index in [0.29, 0.717) is 22.4 Å². The number of ether oxygens (including phenoxy) is 2. The molecule has 1 aromatic heterocycles. The number of carboxylic acids is 1. The average molecular weight is 464 g/mol. The number of hydrogen-bond donors (Lipinski definition) is 2. The van der Waals surface area contributed by atoms with Crippen LogP contribution in [-0.2, 0) is 11.2 Å². The van der Waals surface area contributed by atoms with Crippen molar-refractivity contribution in [2.24, 2.45) is 0 Å². The molecule has 2 aromatic carbocycles. The van der Waals surface area contributed by atoms with Gasteiger partial charge in [0.05, 0.1) is 36.4 Å². The molecule has 0 aliphatic heterocycles. The maximum atomic E-state index is 14.5. The molecule has 0 spiro atoms. The summed E-state index contributed by atoms with van der Waals surface area (Å²) in [5.41, 5.74) is -0.0146. The van der Waals surface area contributed by atoms with Gasteiger partial charge in [-0.05, 0) is 30.2 Å². The van der Waals surface area contributed by atoms with Crippen LogP contribution in [0.15, 0.2) is 41.3 Å². The Labute approximate surface area is 188 Å². The van der Waals surface area contributed by atoms with Crippen molar-refractivity contribution >= 4 is 28.5 Å². The highest BCUT2D eigenvalue weighted by Gasteiger charge is 2.24. The Morgan fingerprint density at radius 2 is 1.97 bits per heavy atom. The van der Waals surface area contributed by atoms with E-state index in [4.69, 9.17) is 21.1 Å². The summed E-state index contributed by atoms with van der Waals surface area (Å²) in [7, 11) is 2.91. The number of aromatic carboxylic acids is 1. The molecule has 0 aliphatic carbocycles. The van der Waals surface area contributed by atoms with E-state index in [2.05, 4.69) is 0 Å². The number of pyridine rings is 1. The van der Waals surface area contributed by atoms with Gasteiger partial charge >= 0.3 is 5.97 Å². The van der Waals surface area contributed by atoms with Gasteiger partial charge in [0.25, 0.3) is 0 Å². The number of fused-ring (bicyclic) bond motifs is 1. The molecule has 0 bridgehead atoms. The highest BCUT2D eigenvalue weighted by atomic mass is 35.5. The minimum Gasteiger partial charge on any atom is -0.496 e. The molecule has 32 heavy (non-hydrogen) atoms. The Bertz CT molecular complexity index is 1230. The first kappa shape index (κ1) is 23.7. The Morgan fingerprint density at radius 1 is 1.25 bits per heavy atom. The minimum absolute atomic E-state index is 0.0304. The number of carbonyl (C=O) groups is 1. The molecule has 0 amide bonds. The lowest BCUT2D eigenvalue weighted by Gasteiger charge is -2.26. The van der Waals surface area contributed by atoms with Crippen LogP contribution in [0.2, 0.25) is 5.02 Å². The van der Waals surface area contributed by atoms with E-state index in [1.165, 1.54) is 37.1 Å². The average Bonchev–Trinajstić information content (AvgIpc) is 2.78. The standard InChI is InChI=1S/C23H23ClFNO6/c1-12(31-2)19(11-27)26-10-16(23(29)30)22(28)15-8-14(20(32-3)9-18(15)26)7-13-5-4-6-17(24)21(13)25/h4-6,8-10,12,19,27H,7,11H2,1-3H3,(H,29,30)/t12-,19-/m1/s1. The van der Waals surface area contributed by atoms with Crippen molar-refractivity contribution in [1.29, 1.82) is 0 Å². The van der Waals surface area contributed by atoms with Gasteiger partial charge in [-0.1, -0.05) is 23.7 Å². The summed E-state index contributed by atoms with van der Waals surface area (Å²) < 4.78 is 26.8. The fraction of sp³-hybridized carbons (Fsp3) is 0.304. The first-order valence-corrected chi connectivity index (χ1v) is 10.2. The number of rotatable bonds is 8. The van der Waals surface area contributed by atoms with E-state index in [-0.39, 0.29) is 23.4 Å². The number of nitrogens with zero attached hydrogens (tertiary/aromatic N) is 1. The van der Waals surface area contributed by atoms with Gasteiger partial charge in [-0.3, -0.25) is 4.79 Å². The lowest BCUT2D eigenvalue weighted by atomic mass is 9.99. The normalized spacial score (nSPS) is 13.2. The van der Waals surface area contributed by atoms with Crippen molar-refractivity contribution in [1.82, 2.24) is 4.57 Å². The zero-order valence-corrected chi connectivity index (χ0v) is 18.5. The van der Waals surface area contributed by atoms with Crippen molar-refractivity contribution in [3.05, 3.63) is 74.3 Å². The van der Waals surface area contributed by atoms with Crippen LogP contribution in [0.4, 0.5) is 4.39 Å². The summed E-state index contributed by atoms with van der Waals surface area (Å²) in [5, 5.41) is 19.6. The predicted molar refractivity (Wildman–Crippen MR) is 119 cm³/mol. The van der Waals surface area contributed by atoms with Crippen molar-refractivity contribution < 1.29 is 28.9 Å². The molecule has 7 nitrogen and oxygen atoms in total. The Kier molecular flexibility index (Phi) is 7.18. The van der Waals surface area contributed by atoms with Crippen LogP contribution in [0, 0.1) is 5.82 Å². The summed E-state index contributed by atoms with van der Waals surface area (Å²) in [6.07, 6.45) is 0.776. The molecule has 0 fully saturated rings. The molecule has 0 saturated carbocycles. The Morgan fingerprint density at radius 3 is 2.56 bits per heavy atom. The van der Waals surface area contributed by atoms with Crippen LogP contribution >= 0.6 is 11.6 Å². The van der Waals surface area contributed by atoms with E-state index >= 15 is 0 Å². The van der Waals surface area contributed by atoms with Gasteiger partial charge in [-0.2, -0.15) is 0 Å². The van der Waals surface area contributed by atoms with Crippen molar-refractivity contribution in [3.63, 3.8) is 0 Å². The van der Waals surface area contributed by atoms with E-state index in [9.17, 15) is 24.2 Å². The zero-order valence-electron chi connectivity index (χ0n) is 17.8. The van der Waals surface area contributed by atoms with Crippen molar-refractivity contribution in [2.45, 2.75) is 25.5 Å². The molecular formula is C23H23ClFNO6. The third-order valence-corrected chi connectivity index (χ3v) is 5.83. The SMILES string of the molecule is COc1cc2c(cc1Cc1cccc(Cl)c1F)c(=O)c(C(=O)O)cn2[C@H](CO)[C@@H](C)OC. The molecule has 1 heterocycles. The second-order valence-electron chi connectivity index (χ2n) is 7.35. The van der Waals surface area contributed by atoms with Gasteiger partial charge in [0, 0.05) is 31.2 Å². The van der Waals surface area contributed by atoms with Gasteiger partial charge in [-0.15, -0.1) is 0 Å². The van der Waals surface area contributed by atoms with Gasteiger partial charge in [0.1, 0.15) is 17.1 Å². The number of halogens is 2. The van der Waals surface area contributed by atoms with Crippen LogP contribution in [-0.4, -0.2) is 47.7 Å². The van der Waals surface area contributed by atoms with Gasteiger partial charge < -0.3 is 24.3 Å². The monoisotopic (exact) mass is 463 g/mol. The zero-order chi connectivity index (χ0) is 23.6. The van der Waals surface area contributed by atoms with Crippen LogP contribution in [0.5, 0.6) is 5.75 Å². The molecule has 3 aromatic rings. The number of carboxylic acid groups (broad SMARTS) is 1. The Balaban J connectivity index is 2.32. The van der Waals surface area contributed by atoms with E-state index < -0.39 is 34.9 Å². The van der Waals surface area contributed by atoms with Crippen LogP contribution in [0.25, 0.3) is 10.9 Å². The fourth-order valence-electron chi connectivity index (χ4n) is 3.69. The fourth-order valence-corrected chi connectivity index (χ4v) is 3.88. The molecule has 0 aliphatic rings. The van der Waals surface area contributed by atoms with Gasteiger partial charge in [0.2, 0.25) is 5.43 Å². The highest BCUT2D eigenvalue weighted by Crippen LogP contribution is 2.31. The maximum Gasteiger partial charge on any atom is 0.341 e. The molecule has 0 radical (unpaired) electrons. The summed E-state index contributed by atoms with van der Waals surface area (Å²) in [4.78, 5) is 24.7. The Hall–Kier alpha value is -2.94. The first-order chi connectivity index (χ1) is 15.2. The third kappa shape index (κ3) is 4.34. The summed E-state index contributed by atoms with van der Waals surface area (Å²) in [6.45, 7) is 1.36. The topological polar surface area (TPSA) is 98.0 Å². The number of methoxy groups -OCH3 is 2.